The molecule has 0 aromatic heterocycles. The summed E-state index contributed by atoms with van der Waals surface area (Å²) in [6.45, 7) is 3.11. The van der Waals surface area contributed by atoms with E-state index in [0.717, 1.165) is 43.9 Å². The lowest BCUT2D eigenvalue weighted by Gasteiger charge is -2.19. The first-order chi connectivity index (χ1) is 11.7. The summed E-state index contributed by atoms with van der Waals surface area (Å²) in [5, 5.41) is 5.63. The predicted molar refractivity (Wildman–Crippen MR) is 84.1 cm³/mol. The average molecular weight is 365 g/mol. The quantitative estimate of drug-likeness (QED) is 0.810. The van der Waals surface area contributed by atoms with E-state index in [2.05, 4.69) is 15.5 Å². The number of nitrogens with zero attached hydrogens (tertiary/aromatic N) is 1. The van der Waals surface area contributed by atoms with Gasteiger partial charge in [-0.25, -0.2) is 8.78 Å². The highest BCUT2D eigenvalue weighted by Crippen LogP contribution is 2.35. The normalized spacial score (nSPS) is 16.0. The monoisotopic (exact) mass is 365 g/mol. The Kier molecular flexibility index (Phi) is 6.21. The average Bonchev–Trinajstić information content (AvgIpc) is 2.80. The van der Waals surface area contributed by atoms with E-state index in [1.165, 1.54) is 5.56 Å². The fourth-order valence-electron chi connectivity index (χ4n) is 2.97. The molecule has 25 heavy (non-hydrogen) atoms. The molecular formula is C16H20F5N3O. The van der Waals surface area contributed by atoms with E-state index in [-0.39, 0.29) is 6.92 Å². The maximum Gasteiger partial charge on any atom is 0.386 e. The van der Waals surface area contributed by atoms with Crippen molar-refractivity contribution in [3.05, 3.63) is 28.8 Å². The van der Waals surface area contributed by atoms with E-state index in [1.54, 1.807) is 6.07 Å². The minimum Gasteiger partial charge on any atom is -0.369 e. The third-order valence-electron chi connectivity index (χ3n) is 3.85. The van der Waals surface area contributed by atoms with E-state index < -0.39 is 25.1 Å². The topological polar surface area (TPSA) is 44.4 Å². The fourth-order valence-corrected chi connectivity index (χ4v) is 2.97. The number of nitrogens with one attached hydrogen (secondary N) is 2. The highest BCUT2D eigenvalue weighted by molar-refractivity contribution is 5.98. The molecule has 2 aliphatic heterocycles. The number of carbonyl (C=O) groups excluding carboxylic acids is 1. The molecule has 0 fully saturated rings. The second-order valence-electron chi connectivity index (χ2n) is 5.90. The van der Waals surface area contributed by atoms with Crippen molar-refractivity contribution < 1.29 is 26.7 Å². The summed E-state index contributed by atoms with van der Waals surface area (Å²) in [7, 11) is 0. The first-order valence-electron chi connectivity index (χ1n) is 7.90. The van der Waals surface area contributed by atoms with Crippen LogP contribution in [0.2, 0.25) is 0 Å². The number of alkyl halides is 5. The molecule has 0 saturated carbocycles. The first-order valence-corrected chi connectivity index (χ1v) is 7.90. The van der Waals surface area contributed by atoms with E-state index in [0.29, 0.717) is 5.56 Å². The van der Waals surface area contributed by atoms with Gasteiger partial charge in [-0.3, -0.25) is 4.79 Å². The number of amides is 1. The summed E-state index contributed by atoms with van der Waals surface area (Å²) in [5.74, 6) is -0.401. The van der Waals surface area contributed by atoms with E-state index in [4.69, 9.17) is 0 Å². The number of carbonyl (C=O) groups is 1. The van der Waals surface area contributed by atoms with Crippen molar-refractivity contribution in [3.8, 4) is 0 Å². The van der Waals surface area contributed by atoms with Crippen LogP contribution >= 0.6 is 0 Å². The molecule has 1 aromatic carbocycles. The molecule has 2 N–H and O–H groups in total. The molecule has 0 aliphatic carbocycles. The van der Waals surface area contributed by atoms with E-state index in [9.17, 15) is 26.7 Å². The second kappa shape index (κ2) is 7.99. The SMILES string of the molecule is CC(F)(F)F.O=C(NCC(F)F)c1ccc2c3c1CCN3CCNC2. The van der Waals surface area contributed by atoms with Crippen molar-refractivity contribution in [2.45, 2.75) is 32.5 Å². The molecule has 4 nitrogen and oxygen atoms in total. The largest absolute Gasteiger partial charge is 0.386 e. The van der Waals surface area contributed by atoms with Gasteiger partial charge in [-0.1, -0.05) is 6.07 Å². The van der Waals surface area contributed by atoms with Crippen molar-refractivity contribution >= 4 is 11.6 Å². The van der Waals surface area contributed by atoms with Gasteiger partial charge in [0.15, 0.2) is 0 Å². The van der Waals surface area contributed by atoms with Gasteiger partial charge in [0, 0.05) is 44.4 Å². The van der Waals surface area contributed by atoms with Crippen molar-refractivity contribution in [1.82, 2.24) is 10.6 Å². The van der Waals surface area contributed by atoms with Gasteiger partial charge in [0.1, 0.15) is 0 Å². The molecule has 9 heteroatoms. The molecule has 0 radical (unpaired) electrons. The summed E-state index contributed by atoms with van der Waals surface area (Å²) in [5.41, 5.74) is 3.84. The minimum atomic E-state index is -4.00. The summed E-state index contributed by atoms with van der Waals surface area (Å²) in [4.78, 5) is 14.3. The highest BCUT2D eigenvalue weighted by Gasteiger charge is 2.28. The minimum absolute atomic E-state index is 0.188. The number of benzene rings is 1. The van der Waals surface area contributed by atoms with E-state index >= 15 is 0 Å². The smallest absolute Gasteiger partial charge is 0.369 e. The van der Waals surface area contributed by atoms with Gasteiger partial charge >= 0.3 is 6.18 Å². The molecule has 0 atom stereocenters. The summed E-state index contributed by atoms with van der Waals surface area (Å²) < 4.78 is 55.5. The molecule has 1 aromatic rings. The summed E-state index contributed by atoms with van der Waals surface area (Å²) >= 11 is 0. The van der Waals surface area contributed by atoms with Crippen LogP contribution in [0.5, 0.6) is 0 Å². The zero-order valence-electron chi connectivity index (χ0n) is 13.7. The standard InChI is InChI=1S/C14H17F2N3O.C2H3F3/c15-12(16)8-18-14(20)11-2-1-9-7-17-4-6-19-5-3-10(11)13(9)19;1-2(3,4)5/h1-2,12,17H,3-8H2,(H,18,20);1H3. The van der Waals surface area contributed by atoms with Crippen molar-refractivity contribution in [2.75, 3.05) is 31.1 Å². The fraction of sp³-hybridized carbons (Fsp3) is 0.562. The van der Waals surface area contributed by atoms with Crippen molar-refractivity contribution in [3.63, 3.8) is 0 Å². The van der Waals surface area contributed by atoms with Crippen LogP contribution in [0.1, 0.15) is 28.4 Å². The predicted octanol–water partition coefficient (Wildman–Crippen LogP) is 2.72. The Morgan fingerprint density at radius 2 is 2.00 bits per heavy atom. The van der Waals surface area contributed by atoms with Crippen LogP contribution in [0, 0.1) is 0 Å². The van der Waals surface area contributed by atoms with Crippen LogP contribution in [-0.2, 0) is 13.0 Å². The van der Waals surface area contributed by atoms with Gasteiger partial charge in [0.2, 0.25) is 0 Å². The number of anilines is 1. The van der Waals surface area contributed by atoms with Gasteiger partial charge in [0.25, 0.3) is 12.3 Å². The lowest BCUT2D eigenvalue weighted by molar-refractivity contribution is -0.110. The zero-order valence-corrected chi connectivity index (χ0v) is 13.7. The third-order valence-corrected chi connectivity index (χ3v) is 3.85. The number of hydrogen-bond acceptors (Lipinski definition) is 3. The lowest BCUT2D eigenvalue weighted by Crippen LogP contribution is -2.29. The maximum absolute atomic E-state index is 12.2. The molecule has 1 amide bonds. The molecule has 0 spiro atoms. The second-order valence-corrected chi connectivity index (χ2v) is 5.90. The van der Waals surface area contributed by atoms with E-state index in [1.807, 2.05) is 6.07 Å². The van der Waals surface area contributed by atoms with Crippen molar-refractivity contribution in [2.24, 2.45) is 0 Å². The Hall–Kier alpha value is -1.90. The first kappa shape index (κ1) is 19.4. The Morgan fingerprint density at radius 1 is 1.32 bits per heavy atom. The Bertz CT molecular complexity index is 613. The van der Waals surface area contributed by atoms with Crippen LogP contribution in [-0.4, -0.2) is 44.7 Å². The van der Waals surface area contributed by atoms with Crippen LogP contribution in [0.4, 0.5) is 27.6 Å². The third kappa shape index (κ3) is 5.55. The molecule has 2 aliphatic rings. The Balaban J connectivity index is 0.000000399. The molecule has 2 heterocycles. The van der Waals surface area contributed by atoms with Crippen LogP contribution in [0.15, 0.2) is 12.1 Å². The van der Waals surface area contributed by atoms with Crippen molar-refractivity contribution in [1.29, 1.82) is 0 Å². The van der Waals surface area contributed by atoms with Gasteiger partial charge in [0.05, 0.1) is 6.54 Å². The van der Waals surface area contributed by atoms with Crippen LogP contribution < -0.4 is 15.5 Å². The molecule has 0 bridgehead atoms. The maximum atomic E-state index is 12.2. The van der Waals surface area contributed by atoms with Gasteiger partial charge in [-0.15, -0.1) is 0 Å². The van der Waals surface area contributed by atoms with Gasteiger partial charge in [-0.2, -0.15) is 13.2 Å². The lowest BCUT2D eigenvalue weighted by atomic mass is 10.00. The Labute approximate surface area is 142 Å². The number of hydrogen-bond donors (Lipinski definition) is 2. The molecule has 3 rings (SSSR count). The molecule has 0 unspecified atom stereocenters. The highest BCUT2D eigenvalue weighted by atomic mass is 19.4. The molecular weight excluding hydrogens is 345 g/mol. The Morgan fingerprint density at radius 3 is 2.64 bits per heavy atom. The zero-order chi connectivity index (χ0) is 18.6. The molecule has 140 valence electrons. The number of halogens is 5. The van der Waals surface area contributed by atoms with Gasteiger partial charge < -0.3 is 15.5 Å². The molecule has 0 saturated heterocycles. The van der Waals surface area contributed by atoms with Crippen LogP contribution in [0.3, 0.4) is 0 Å². The summed E-state index contributed by atoms with van der Waals surface area (Å²) in [6, 6.07) is 3.68. The van der Waals surface area contributed by atoms with Crippen LogP contribution in [0.25, 0.3) is 0 Å². The number of rotatable bonds is 3. The summed E-state index contributed by atoms with van der Waals surface area (Å²) in [6.07, 6.45) is -5.71. The van der Waals surface area contributed by atoms with Gasteiger partial charge in [-0.05, 0) is 23.6 Å².